The predicted octanol–water partition coefficient (Wildman–Crippen LogP) is 3.04. The number of hydrogen-bond acceptors (Lipinski definition) is 6. The Morgan fingerprint density at radius 1 is 1.03 bits per heavy atom. The fourth-order valence-corrected chi connectivity index (χ4v) is 5.00. The van der Waals surface area contributed by atoms with Crippen LogP contribution in [0.15, 0.2) is 47.7 Å². The number of fused-ring (bicyclic) bond motifs is 2. The lowest BCUT2D eigenvalue weighted by molar-refractivity contribution is 0.234. The van der Waals surface area contributed by atoms with E-state index in [1.165, 1.54) is 12.1 Å². The van der Waals surface area contributed by atoms with E-state index in [1.807, 2.05) is 38.5 Å². The molecule has 2 unspecified atom stereocenters. The summed E-state index contributed by atoms with van der Waals surface area (Å²) in [5.74, 6) is 0.895. The molecule has 4 aromatic heterocycles. The van der Waals surface area contributed by atoms with E-state index >= 15 is 0 Å². The molecule has 2 fully saturated rings. The predicted molar refractivity (Wildman–Crippen MR) is 128 cm³/mol. The van der Waals surface area contributed by atoms with Crippen LogP contribution in [0.4, 0.5) is 5.69 Å². The molecular formula is C25H27N7O. The molecule has 1 aliphatic heterocycles. The van der Waals surface area contributed by atoms with Crippen LogP contribution in [0.1, 0.15) is 30.3 Å². The molecular weight excluding hydrogens is 414 g/mol. The summed E-state index contributed by atoms with van der Waals surface area (Å²) in [6.07, 6.45) is 7.63. The molecule has 0 spiro atoms. The second-order valence-electron chi connectivity index (χ2n) is 9.07. The van der Waals surface area contributed by atoms with Crippen molar-refractivity contribution in [2.45, 2.75) is 45.3 Å². The minimum atomic E-state index is -0.0119. The quantitative estimate of drug-likeness (QED) is 0.494. The molecule has 0 radical (unpaired) electrons. The summed E-state index contributed by atoms with van der Waals surface area (Å²) in [7, 11) is 0. The van der Waals surface area contributed by atoms with Crippen LogP contribution in [0.2, 0.25) is 0 Å². The molecule has 0 bridgehead atoms. The second-order valence-corrected chi connectivity index (χ2v) is 9.07. The van der Waals surface area contributed by atoms with Gasteiger partial charge < -0.3 is 14.9 Å². The number of rotatable bonds is 5. The van der Waals surface area contributed by atoms with E-state index in [2.05, 4.69) is 52.9 Å². The Morgan fingerprint density at radius 3 is 2.70 bits per heavy atom. The molecule has 2 N–H and O–H groups in total. The first-order chi connectivity index (χ1) is 16.1. The number of hydrogen-bond donors (Lipinski definition) is 2. The molecule has 33 heavy (non-hydrogen) atoms. The van der Waals surface area contributed by atoms with Crippen molar-refractivity contribution in [1.82, 2.24) is 29.8 Å². The van der Waals surface area contributed by atoms with Crippen LogP contribution in [0, 0.1) is 6.92 Å². The normalized spacial score (nSPS) is 20.2. The summed E-state index contributed by atoms with van der Waals surface area (Å²) in [5.41, 5.74) is 6.62. The van der Waals surface area contributed by atoms with Gasteiger partial charge in [0.2, 0.25) is 0 Å². The van der Waals surface area contributed by atoms with Crippen molar-refractivity contribution in [1.29, 1.82) is 0 Å². The Kier molecular flexibility index (Phi) is 4.76. The molecule has 6 rings (SSSR count). The average molecular weight is 442 g/mol. The largest absolute Gasteiger partial charge is 0.364 e. The number of H-pyrrole nitrogens is 2. The molecule has 1 saturated heterocycles. The van der Waals surface area contributed by atoms with Gasteiger partial charge in [-0.15, -0.1) is 0 Å². The maximum atomic E-state index is 12.2. The molecule has 2 atom stereocenters. The van der Waals surface area contributed by atoms with Gasteiger partial charge in [0.15, 0.2) is 0 Å². The van der Waals surface area contributed by atoms with Crippen molar-refractivity contribution in [2.24, 2.45) is 0 Å². The van der Waals surface area contributed by atoms with E-state index < -0.39 is 0 Å². The first kappa shape index (κ1) is 20.1. The summed E-state index contributed by atoms with van der Waals surface area (Å²) in [6, 6.07) is 9.29. The summed E-state index contributed by atoms with van der Waals surface area (Å²) in [4.78, 5) is 37.0. The van der Waals surface area contributed by atoms with Gasteiger partial charge in [0.1, 0.15) is 5.82 Å². The summed E-state index contributed by atoms with van der Waals surface area (Å²) in [5, 5.41) is 0. The molecule has 1 aliphatic carbocycles. The molecule has 168 valence electrons. The molecule has 1 saturated carbocycles. The van der Waals surface area contributed by atoms with E-state index in [0.29, 0.717) is 18.5 Å². The van der Waals surface area contributed by atoms with Crippen molar-refractivity contribution < 1.29 is 0 Å². The van der Waals surface area contributed by atoms with Gasteiger partial charge >= 0.3 is 0 Å². The molecule has 4 aromatic rings. The molecule has 8 heteroatoms. The number of nitrogens with zero attached hydrogens (tertiary/aromatic N) is 5. The van der Waals surface area contributed by atoms with Crippen LogP contribution in [0.5, 0.6) is 0 Å². The van der Waals surface area contributed by atoms with Crippen LogP contribution < -0.4 is 10.5 Å². The Morgan fingerprint density at radius 2 is 1.94 bits per heavy atom. The van der Waals surface area contributed by atoms with Crippen molar-refractivity contribution in [2.75, 3.05) is 18.0 Å². The number of imidazole rings is 1. The maximum absolute atomic E-state index is 12.2. The highest BCUT2D eigenvalue weighted by atomic mass is 16.1. The Bertz CT molecular complexity index is 1370. The van der Waals surface area contributed by atoms with Gasteiger partial charge in [-0.1, -0.05) is 6.92 Å². The fourth-order valence-electron chi connectivity index (χ4n) is 5.00. The van der Waals surface area contributed by atoms with Crippen LogP contribution in [0.25, 0.3) is 22.4 Å². The third kappa shape index (κ3) is 3.70. The van der Waals surface area contributed by atoms with Crippen molar-refractivity contribution in [3.8, 4) is 11.4 Å². The number of anilines is 1. The van der Waals surface area contributed by atoms with Crippen molar-refractivity contribution in [3.63, 3.8) is 0 Å². The van der Waals surface area contributed by atoms with E-state index in [-0.39, 0.29) is 5.56 Å². The molecule has 0 aromatic carbocycles. The highest BCUT2D eigenvalue weighted by molar-refractivity contribution is 5.74. The van der Waals surface area contributed by atoms with Gasteiger partial charge in [0, 0.05) is 43.5 Å². The van der Waals surface area contributed by atoms with E-state index in [1.54, 1.807) is 0 Å². The number of piperazine rings is 1. The number of aromatic amines is 2. The monoisotopic (exact) mass is 441 g/mol. The van der Waals surface area contributed by atoms with Crippen molar-refractivity contribution >= 4 is 16.7 Å². The fraction of sp³-hybridized carbons (Fsp3) is 0.360. The highest BCUT2D eigenvalue weighted by Crippen LogP contribution is 2.40. The van der Waals surface area contributed by atoms with E-state index in [0.717, 1.165) is 59.0 Å². The van der Waals surface area contributed by atoms with Crippen LogP contribution in [-0.2, 0) is 13.0 Å². The summed E-state index contributed by atoms with van der Waals surface area (Å²) in [6.45, 7) is 6.75. The van der Waals surface area contributed by atoms with Crippen LogP contribution in [0.3, 0.4) is 0 Å². The second kappa shape index (κ2) is 7.81. The number of aryl methyl sites for hydroxylation is 2. The molecule has 2 aliphatic rings. The lowest BCUT2D eigenvalue weighted by atomic mass is 10.1. The third-order valence-corrected chi connectivity index (χ3v) is 6.87. The van der Waals surface area contributed by atoms with Gasteiger partial charge in [-0.3, -0.25) is 19.7 Å². The van der Waals surface area contributed by atoms with Crippen LogP contribution >= 0.6 is 0 Å². The summed E-state index contributed by atoms with van der Waals surface area (Å²) < 4.78 is 0. The van der Waals surface area contributed by atoms with Gasteiger partial charge in [-0.25, -0.2) is 4.98 Å². The van der Waals surface area contributed by atoms with Crippen LogP contribution in [-0.4, -0.2) is 55.0 Å². The SMILES string of the molecule is CCc1cc2ncc(CN3CCN(c4ccc(-c5cnc(C)[nH]5)nc4)C4CC43)cc2[nH]c1=O. The zero-order valence-electron chi connectivity index (χ0n) is 18.9. The Hall–Kier alpha value is -3.52. The molecule has 5 heterocycles. The topological polar surface area (TPSA) is 93.8 Å². The Labute approximate surface area is 191 Å². The molecule has 0 amide bonds. The highest BCUT2D eigenvalue weighted by Gasteiger charge is 2.48. The zero-order chi connectivity index (χ0) is 22.5. The maximum Gasteiger partial charge on any atom is 0.251 e. The first-order valence-electron chi connectivity index (χ1n) is 11.6. The standard InChI is InChI=1S/C25H27N7O/c1-3-17-9-20-21(30-25(17)33)8-16(11-27-20)14-31-6-7-32(24-10-23(24)31)18-4-5-19(28-12-18)22-13-26-15(2)29-22/h4-5,8-9,11-13,23-24H,3,6-7,10,14H2,1-2H3,(H,26,29)(H,30,33). The number of nitrogens with one attached hydrogen (secondary N) is 2. The minimum absolute atomic E-state index is 0.0119. The first-order valence-corrected chi connectivity index (χ1v) is 11.6. The van der Waals surface area contributed by atoms with Gasteiger partial charge in [-0.05, 0) is 49.6 Å². The molecule has 8 nitrogen and oxygen atoms in total. The lowest BCUT2D eigenvalue weighted by Gasteiger charge is -2.35. The number of pyridine rings is 3. The van der Waals surface area contributed by atoms with E-state index in [4.69, 9.17) is 0 Å². The van der Waals surface area contributed by atoms with Gasteiger partial charge in [-0.2, -0.15) is 0 Å². The zero-order valence-corrected chi connectivity index (χ0v) is 18.9. The van der Waals surface area contributed by atoms with Gasteiger partial charge in [0.05, 0.1) is 40.5 Å². The Balaban J connectivity index is 1.14. The third-order valence-electron chi connectivity index (χ3n) is 6.87. The summed E-state index contributed by atoms with van der Waals surface area (Å²) >= 11 is 0. The van der Waals surface area contributed by atoms with Crippen molar-refractivity contribution in [3.05, 3.63) is 70.2 Å². The average Bonchev–Trinajstić information content (AvgIpc) is 3.52. The minimum Gasteiger partial charge on any atom is -0.364 e. The lowest BCUT2D eigenvalue weighted by Crippen LogP contribution is -2.46. The van der Waals surface area contributed by atoms with E-state index in [9.17, 15) is 4.79 Å². The smallest absolute Gasteiger partial charge is 0.251 e. The number of aromatic nitrogens is 5. The van der Waals surface area contributed by atoms with Gasteiger partial charge in [0.25, 0.3) is 5.56 Å².